The Morgan fingerprint density at radius 1 is 1.20 bits per heavy atom. The number of carbonyl (C=O) groups is 1. The van der Waals surface area contributed by atoms with E-state index < -0.39 is 0 Å². The summed E-state index contributed by atoms with van der Waals surface area (Å²) in [5.41, 5.74) is 10.1. The summed E-state index contributed by atoms with van der Waals surface area (Å²) >= 11 is 0. The summed E-state index contributed by atoms with van der Waals surface area (Å²) in [6.07, 6.45) is 3.39. The van der Waals surface area contributed by atoms with Gasteiger partial charge < -0.3 is 11.5 Å². The first-order valence-electron chi connectivity index (χ1n) is 3.25. The van der Waals surface area contributed by atoms with Crippen LogP contribution >= 0.6 is 12.4 Å². The fourth-order valence-electron chi connectivity index (χ4n) is 0.620. The van der Waals surface area contributed by atoms with Crippen LogP contribution in [0.1, 0.15) is 25.7 Å². The molecule has 0 spiro atoms. The maximum Gasteiger partial charge on any atom is 0.217 e. The van der Waals surface area contributed by atoms with Gasteiger partial charge in [0.25, 0.3) is 0 Å². The first-order chi connectivity index (χ1) is 4.27. The summed E-state index contributed by atoms with van der Waals surface area (Å²) in [4.78, 5) is 10.2. The number of primary amides is 1. The van der Waals surface area contributed by atoms with Gasteiger partial charge >= 0.3 is 0 Å². The topological polar surface area (TPSA) is 69.1 Å². The SMILES string of the molecule is Cl.NCCCCCC(N)=O. The number of hydrogen-bond donors (Lipinski definition) is 2. The minimum Gasteiger partial charge on any atom is -0.370 e. The van der Waals surface area contributed by atoms with E-state index in [1.54, 1.807) is 0 Å². The molecule has 0 aromatic rings. The number of hydrogen-bond acceptors (Lipinski definition) is 2. The van der Waals surface area contributed by atoms with Gasteiger partial charge in [0.2, 0.25) is 5.91 Å². The molecule has 0 saturated carbocycles. The van der Waals surface area contributed by atoms with E-state index in [4.69, 9.17) is 11.5 Å². The van der Waals surface area contributed by atoms with Crippen molar-refractivity contribution >= 4 is 18.3 Å². The Hall–Kier alpha value is -0.280. The van der Waals surface area contributed by atoms with Crippen LogP contribution in [0.4, 0.5) is 0 Å². The Morgan fingerprint density at radius 2 is 1.80 bits per heavy atom. The van der Waals surface area contributed by atoms with Crippen LogP contribution in [0.25, 0.3) is 0 Å². The van der Waals surface area contributed by atoms with Crippen molar-refractivity contribution in [2.24, 2.45) is 11.5 Å². The predicted octanol–water partition coefficient (Wildman–Crippen LogP) is 0.413. The molecule has 0 saturated heterocycles. The number of unbranched alkanes of at least 4 members (excludes halogenated alkanes) is 2. The van der Waals surface area contributed by atoms with E-state index in [2.05, 4.69) is 0 Å². The zero-order chi connectivity index (χ0) is 7.11. The van der Waals surface area contributed by atoms with Crippen molar-refractivity contribution < 1.29 is 4.79 Å². The van der Waals surface area contributed by atoms with Crippen LogP contribution in [0, 0.1) is 0 Å². The average Bonchev–Trinajstić information content (AvgIpc) is 1.80. The second kappa shape index (κ2) is 8.72. The second-order valence-corrected chi connectivity index (χ2v) is 2.07. The van der Waals surface area contributed by atoms with Gasteiger partial charge in [-0.2, -0.15) is 0 Å². The Balaban J connectivity index is 0. The molecule has 0 bridgehead atoms. The van der Waals surface area contributed by atoms with E-state index in [0.717, 1.165) is 19.3 Å². The van der Waals surface area contributed by atoms with E-state index in [0.29, 0.717) is 13.0 Å². The van der Waals surface area contributed by atoms with Crippen molar-refractivity contribution in [3.63, 3.8) is 0 Å². The Kier molecular flexibility index (Phi) is 10.8. The van der Waals surface area contributed by atoms with Crippen LogP contribution in [-0.2, 0) is 4.79 Å². The van der Waals surface area contributed by atoms with Crippen LogP contribution < -0.4 is 11.5 Å². The molecular formula is C6H15ClN2O. The van der Waals surface area contributed by atoms with Crippen LogP contribution in [0.2, 0.25) is 0 Å². The third-order valence-electron chi connectivity index (χ3n) is 1.13. The molecular weight excluding hydrogens is 152 g/mol. The van der Waals surface area contributed by atoms with Crippen LogP contribution in [0.3, 0.4) is 0 Å². The molecule has 0 atom stereocenters. The highest BCUT2D eigenvalue weighted by Gasteiger charge is 1.91. The minimum atomic E-state index is -0.216. The number of amides is 1. The largest absolute Gasteiger partial charge is 0.370 e. The monoisotopic (exact) mass is 166 g/mol. The minimum absolute atomic E-state index is 0. The standard InChI is InChI=1S/C6H14N2O.ClH/c7-5-3-1-2-4-6(8)9;/h1-5,7H2,(H2,8,9);1H. The average molecular weight is 167 g/mol. The van der Waals surface area contributed by atoms with Crippen molar-refractivity contribution in [2.75, 3.05) is 6.54 Å². The van der Waals surface area contributed by atoms with Crippen LogP contribution in [0.5, 0.6) is 0 Å². The van der Waals surface area contributed by atoms with Crippen molar-refractivity contribution in [1.82, 2.24) is 0 Å². The molecule has 62 valence electrons. The highest BCUT2D eigenvalue weighted by Crippen LogP contribution is 1.96. The highest BCUT2D eigenvalue weighted by molar-refractivity contribution is 5.85. The molecule has 0 rings (SSSR count). The number of carbonyl (C=O) groups excluding carboxylic acids is 1. The maximum absolute atomic E-state index is 10.2. The van der Waals surface area contributed by atoms with Gasteiger partial charge in [-0.05, 0) is 19.4 Å². The predicted molar refractivity (Wildman–Crippen MR) is 44.0 cm³/mol. The van der Waals surface area contributed by atoms with Crippen molar-refractivity contribution in [2.45, 2.75) is 25.7 Å². The zero-order valence-electron chi connectivity index (χ0n) is 6.01. The van der Waals surface area contributed by atoms with E-state index in [1.807, 2.05) is 0 Å². The quantitative estimate of drug-likeness (QED) is 0.581. The van der Waals surface area contributed by atoms with E-state index in [-0.39, 0.29) is 18.3 Å². The lowest BCUT2D eigenvalue weighted by atomic mass is 10.2. The van der Waals surface area contributed by atoms with Gasteiger partial charge in [-0.3, -0.25) is 4.79 Å². The van der Waals surface area contributed by atoms with E-state index in [1.165, 1.54) is 0 Å². The molecule has 0 aliphatic rings. The Morgan fingerprint density at radius 3 is 2.20 bits per heavy atom. The van der Waals surface area contributed by atoms with Gasteiger partial charge in [0.15, 0.2) is 0 Å². The molecule has 0 aliphatic heterocycles. The summed E-state index contributed by atoms with van der Waals surface area (Å²) in [5, 5.41) is 0. The highest BCUT2D eigenvalue weighted by atomic mass is 35.5. The summed E-state index contributed by atoms with van der Waals surface area (Å²) in [5.74, 6) is -0.216. The molecule has 0 fully saturated rings. The van der Waals surface area contributed by atoms with Gasteiger partial charge in [-0.1, -0.05) is 6.42 Å². The smallest absolute Gasteiger partial charge is 0.217 e. The molecule has 10 heavy (non-hydrogen) atoms. The fourth-order valence-corrected chi connectivity index (χ4v) is 0.620. The van der Waals surface area contributed by atoms with Crippen LogP contribution in [-0.4, -0.2) is 12.5 Å². The summed E-state index contributed by atoms with van der Waals surface area (Å²) in [6, 6.07) is 0. The van der Waals surface area contributed by atoms with Gasteiger partial charge in [0, 0.05) is 6.42 Å². The lowest BCUT2D eigenvalue weighted by Crippen LogP contribution is -2.09. The lowest BCUT2D eigenvalue weighted by molar-refractivity contribution is -0.118. The number of halogens is 1. The molecule has 0 aromatic heterocycles. The maximum atomic E-state index is 10.2. The van der Waals surface area contributed by atoms with Crippen molar-refractivity contribution in [1.29, 1.82) is 0 Å². The van der Waals surface area contributed by atoms with E-state index in [9.17, 15) is 4.79 Å². The molecule has 0 heterocycles. The molecule has 1 amide bonds. The first kappa shape index (κ1) is 12.4. The van der Waals surface area contributed by atoms with Crippen molar-refractivity contribution in [3.05, 3.63) is 0 Å². The number of rotatable bonds is 5. The third-order valence-corrected chi connectivity index (χ3v) is 1.13. The summed E-state index contributed by atoms with van der Waals surface area (Å²) in [6.45, 7) is 0.707. The molecule has 0 aromatic carbocycles. The first-order valence-corrected chi connectivity index (χ1v) is 3.25. The van der Waals surface area contributed by atoms with Crippen molar-refractivity contribution in [3.8, 4) is 0 Å². The van der Waals surface area contributed by atoms with Gasteiger partial charge in [0.05, 0.1) is 0 Å². The summed E-state index contributed by atoms with van der Waals surface area (Å²) < 4.78 is 0. The third kappa shape index (κ3) is 10.7. The molecule has 0 unspecified atom stereocenters. The summed E-state index contributed by atoms with van der Waals surface area (Å²) in [7, 11) is 0. The van der Waals surface area contributed by atoms with E-state index >= 15 is 0 Å². The Labute approximate surface area is 67.6 Å². The molecule has 3 nitrogen and oxygen atoms in total. The Bertz CT molecular complexity index is 87.8. The van der Waals surface area contributed by atoms with Gasteiger partial charge in [-0.15, -0.1) is 12.4 Å². The zero-order valence-corrected chi connectivity index (χ0v) is 6.82. The van der Waals surface area contributed by atoms with Gasteiger partial charge in [-0.25, -0.2) is 0 Å². The fraction of sp³-hybridized carbons (Fsp3) is 0.833. The molecule has 4 heteroatoms. The second-order valence-electron chi connectivity index (χ2n) is 2.07. The normalized spacial score (nSPS) is 8.50. The molecule has 0 radical (unpaired) electrons. The van der Waals surface area contributed by atoms with Gasteiger partial charge in [0.1, 0.15) is 0 Å². The molecule has 4 N–H and O–H groups in total. The lowest BCUT2D eigenvalue weighted by Gasteiger charge is -1.93. The van der Waals surface area contributed by atoms with Crippen LogP contribution in [0.15, 0.2) is 0 Å². The molecule has 0 aliphatic carbocycles. The number of nitrogens with two attached hydrogens (primary N) is 2.